The minimum Gasteiger partial charge on any atom is -0.467 e. The molecular weight excluding hydrogens is 742 g/mol. The number of ketones is 1. The number of hydrogen-bond acceptors (Lipinski definition) is 13. The summed E-state index contributed by atoms with van der Waals surface area (Å²) in [5, 5.41) is 0.638. The van der Waals surface area contributed by atoms with Crippen molar-refractivity contribution < 1.29 is 49.7 Å². The van der Waals surface area contributed by atoms with E-state index in [-0.39, 0.29) is 34.0 Å². The second-order valence-corrected chi connectivity index (χ2v) is 18.2. The van der Waals surface area contributed by atoms with Gasteiger partial charge in [0.1, 0.15) is 5.82 Å². The number of carbonyl (C=O) groups excluding carboxylic acids is 2. The molecule has 3 rings (SSSR count). The average molecular weight is 774 g/mol. The number of methoxy groups -OCH3 is 2. The molecule has 0 saturated heterocycles. The normalized spacial score (nSPS) is 11.5. The Labute approximate surface area is 290 Å². The molecule has 0 N–H and O–H groups in total. The number of rotatable bonds is 14. The van der Waals surface area contributed by atoms with Crippen LogP contribution in [0.15, 0.2) is 42.5 Å². The summed E-state index contributed by atoms with van der Waals surface area (Å²) in [5.74, 6) is -6.48. The van der Waals surface area contributed by atoms with Crippen LogP contribution in [0, 0.1) is 5.82 Å². The molecule has 1 heterocycles. The van der Waals surface area contributed by atoms with Crippen LogP contribution in [0.5, 0.6) is 12.0 Å². The molecule has 3 aromatic rings. The maximum atomic E-state index is 14.3. The largest absolute Gasteiger partial charge is 0.467 e. The molecule has 0 spiro atoms. The van der Waals surface area contributed by atoms with Gasteiger partial charge in [-0.3, -0.25) is 13.9 Å². The minimum absolute atomic E-state index is 0.00408. The average Bonchev–Trinajstić information content (AvgIpc) is 3.07. The van der Waals surface area contributed by atoms with E-state index in [2.05, 4.69) is 15.0 Å². The lowest BCUT2D eigenvalue weighted by atomic mass is 10.1. The van der Waals surface area contributed by atoms with Gasteiger partial charge in [0.15, 0.2) is 0 Å². The van der Waals surface area contributed by atoms with E-state index in [1.807, 2.05) is 26.0 Å². The van der Waals surface area contributed by atoms with Gasteiger partial charge in [0.25, 0.3) is 10.0 Å². The van der Waals surface area contributed by atoms with Crippen LogP contribution >= 0.6 is 28.7 Å². The van der Waals surface area contributed by atoms with Gasteiger partial charge in [-0.2, -0.15) is 18.7 Å². The number of halogens is 4. The lowest BCUT2D eigenvalue weighted by molar-refractivity contribution is -0.116. The molecule has 0 bridgehead atoms. The molecule has 0 unspecified atom stereocenters. The number of sulfonamides is 1. The van der Waals surface area contributed by atoms with Gasteiger partial charge in [0.05, 0.1) is 31.2 Å². The highest BCUT2D eigenvalue weighted by Gasteiger charge is 2.34. The number of alkyl halides is 2. The summed E-state index contributed by atoms with van der Waals surface area (Å²) in [6.07, 6.45) is 0. The first-order valence-electron chi connectivity index (χ1n) is 13.3. The molecule has 264 valence electrons. The summed E-state index contributed by atoms with van der Waals surface area (Å²) in [7, 11) is 0.907. The number of amides is 1. The van der Waals surface area contributed by atoms with Crippen molar-refractivity contribution in [3.63, 3.8) is 0 Å². The topological polar surface area (TPSA) is 150 Å². The zero-order valence-corrected chi connectivity index (χ0v) is 30.7. The van der Waals surface area contributed by atoms with Crippen molar-refractivity contribution in [2.24, 2.45) is 0 Å². The summed E-state index contributed by atoms with van der Waals surface area (Å²) < 4.78 is 83.3. The van der Waals surface area contributed by atoms with Crippen LogP contribution in [0.1, 0.15) is 30.0 Å². The summed E-state index contributed by atoms with van der Waals surface area (Å²) in [5.41, 5.74) is -3.05. The molecule has 0 aliphatic rings. The predicted molar refractivity (Wildman–Crippen MR) is 181 cm³/mol. The van der Waals surface area contributed by atoms with Crippen molar-refractivity contribution in [2.45, 2.75) is 25.6 Å². The van der Waals surface area contributed by atoms with Crippen LogP contribution in [0.25, 0.3) is 0 Å². The van der Waals surface area contributed by atoms with Crippen molar-refractivity contribution in [3.05, 3.63) is 64.7 Å². The first kappa shape index (κ1) is 41.1. The first-order chi connectivity index (χ1) is 22.5. The lowest BCUT2D eigenvalue weighted by Crippen LogP contribution is -2.38. The number of aromatic nitrogens is 3. The fourth-order valence-corrected chi connectivity index (χ4v) is 7.21. The number of nitrogens with zero attached hydrogens (tertiary/aromatic N) is 5. The monoisotopic (exact) mass is 773 g/mol. The Balaban J connectivity index is 0.000000345. The van der Waals surface area contributed by atoms with Crippen molar-refractivity contribution in [1.82, 2.24) is 15.0 Å². The molecule has 2 aromatic carbocycles. The SMILES string of the molecule is COP(=S)(OC)SCC(=O)N(c1ccc(Cl)cc1)C(C)C.COc1nc(OC)nc(C(=O)c2cccc(F)c2N(C)S(=O)(=O)C(F)F)n1. The molecule has 0 aliphatic carbocycles. The molecule has 0 atom stereocenters. The molecule has 0 aliphatic heterocycles. The number of hydrogen-bond donors (Lipinski definition) is 0. The highest BCUT2D eigenvalue weighted by atomic mass is 35.5. The maximum Gasteiger partial charge on any atom is 0.355 e. The first-order valence-corrected chi connectivity index (χ1v) is 19.4. The number of carbonyl (C=O) groups is 2. The highest BCUT2D eigenvalue weighted by Crippen LogP contribution is 2.59. The third kappa shape index (κ3) is 10.5. The minimum atomic E-state index is -5.21. The van der Waals surface area contributed by atoms with Crippen molar-refractivity contribution in [3.8, 4) is 12.0 Å². The Bertz CT molecular complexity index is 1710. The van der Waals surface area contributed by atoms with E-state index in [9.17, 15) is 31.2 Å². The molecule has 13 nitrogen and oxygen atoms in total. The number of ether oxygens (including phenoxy) is 2. The predicted octanol–water partition coefficient (Wildman–Crippen LogP) is 5.58. The lowest BCUT2D eigenvalue weighted by Gasteiger charge is -2.27. The molecular formula is C27H32ClF3N5O8PS3. The smallest absolute Gasteiger partial charge is 0.355 e. The Morgan fingerprint density at radius 3 is 1.98 bits per heavy atom. The van der Waals surface area contributed by atoms with Gasteiger partial charge in [-0.1, -0.05) is 29.0 Å². The molecule has 0 radical (unpaired) electrons. The van der Waals surface area contributed by atoms with Gasteiger partial charge in [-0.25, -0.2) is 12.8 Å². The third-order valence-electron chi connectivity index (χ3n) is 6.00. The summed E-state index contributed by atoms with van der Waals surface area (Å²) in [6.45, 7) is 3.92. The van der Waals surface area contributed by atoms with E-state index >= 15 is 0 Å². The zero-order valence-electron chi connectivity index (χ0n) is 26.6. The Kier molecular flexibility index (Phi) is 15.5. The number of benzene rings is 2. The van der Waals surface area contributed by atoms with E-state index in [1.165, 1.54) is 39.8 Å². The Morgan fingerprint density at radius 1 is 0.979 bits per heavy atom. The summed E-state index contributed by atoms with van der Waals surface area (Å²) in [6, 6.07) is 9.59. The number of anilines is 2. The fourth-order valence-electron chi connectivity index (χ4n) is 3.72. The van der Waals surface area contributed by atoms with E-state index in [0.29, 0.717) is 12.1 Å². The van der Waals surface area contributed by atoms with E-state index in [0.717, 1.165) is 23.9 Å². The second kappa shape index (κ2) is 18.1. The molecule has 21 heteroatoms. The summed E-state index contributed by atoms with van der Waals surface area (Å²) in [4.78, 5) is 38.0. The van der Waals surface area contributed by atoms with Gasteiger partial charge >= 0.3 is 17.8 Å². The van der Waals surface area contributed by atoms with Crippen LogP contribution in [0.3, 0.4) is 0 Å². The standard InChI is InChI=1S/C14H13F3N4O5S.C13H19ClNO3PS2/c1-21(27(23,24)12(16)17)9-7(5-4-6-8(9)15)10(22)11-18-13(25-2)20-14(19-11)26-3;1-10(2)15(12-7-5-11(14)6-8-12)13(16)9-21-19(20,17-3)18-4/h4-6,12H,1-3H3;5-8,10H,9H2,1-4H3. The van der Waals surface area contributed by atoms with Crippen LogP contribution in [-0.4, -0.2) is 88.1 Å². The Hall–Kier alpha value is -3.06. The maximum absolute atomic E-state index is 14.3. The van der Waals surface area contributed by atoms with E-state index in [1.54, 1.807) is 17.0 Å². The van der Waals surface area contributed by atoms with E-state index < -0.39 is 50.2 Å². The zero-order chi connectivity index (χ0) is 36.4. The fraction of sp³-hybridized carbons (Fsp3) is 0.370. The quantitative estimate of drug-likeness (QED) is 0.148. The van der Waals surface area contributed by atoms with Crippen molar-refractivity contribution in [1.29, 1.82) is 0 Å². The molecule has 1 amide bonds. The van der Waals surface area contributed by atoms with Crippen LogP contribution in [0.4, 0.5) is 24.5 Å². The van der Waals surface area contributed by atoms with E-state index in [4.69, 9.17) is 41.9 Å². The third-order valence-corrected chi connectivity index (χ3v) is 13.3. The van der Waals surface area contributed by atoms with Gasteiger partial charge in [0, 0.05) is 38.0 Å². The van der Waals surface area contributed by atoms with Gasteiger partial charge in [0.2, 0.25) is 23.2 Å². The van der Waals surface area contributed by atoms with Crippen LogP contribution < -0.4 is 18.7 Å². The van der Waals surface area contributed by atoms with Crippen LogP contribution in [-0.2, 0) is 35.7 Å². The second-order valence-electron chi connectivity index (χ2n) is 9.29. The van der Waals surface area contributed by atoms with Gasteiger partial charge < -0.3 is 23.4 Å². The number of para-hydroxylation sites is 1. The molecule has 48 heavy (non-hydrogen) atoms. The van der Waals surface area contributed by atoms with Crippen molar-refractivity contribution >= 4 is 73.6 Å². The Morgan fingerprint density at radius 2 is 1.52 bits per heavy atom. The highest BCUT2D eigenvalue weighted by molar-refractivity contribution is 8.68. The van der Waals surface area contributed by atoms with Gasteiger partial charge in [-0.05, 0) is 62.1 Å². The van der Waals surface area contributed by atoms with Gasteiger partial charge in [-0.15, -0.1) is 4.98 Å². The molecule has 0 fully saturated rings. The van der Waals surface area contributed by atoms with Crippen molar-refractivity contribution in [2.75, 3.05) is 50.4 Å². The molecule has 1 aromatic heterocycles. The summed E-state index contributed by atoms with van der Waals surface area (Å²) >= 11 is 12.4. The van der Waals surface area contributed by atoms with Crippen LogP contribution in [0.2, 0.25) is 5.02 Å². The molecule has 0 saturated carbocycles.